The van der Waals surface area contributed by atoms with E-state index in [1.165, 1.54) is 25.3 Å². The Balaban J connectivity index is 2.01. The van der Waals surface area contributed by atoms with E-state index < -0.39 is 0 Å². The maximum atomic E-state index is 13.6. The molecule has 2 rings (SSSR count). The van der Waals surface area contributed by atoms with Crippen LogP contribution in [0.4, 0.5) is 10.2 Å². The Hall–Kier alpha value is -0.350. The number of rotatable bonds is 4. The summed E-state index contributed by atoms with van der Waals surface area (Å²) in [6.45, 7) is 0.696. The second-order valence-corrected chi connectivity index (χ2v) is 6.21. The van der Waals surface area contributed by atoms with Crippen LogP contribution in [0.3, 0.4) is 0 Å². The molecule has 0 saturated heterocycles. The number of pyridine rings is 1. The van der Waals surface area contributed by atoms with Crippen molar-refractivity contribution in [1.29, 1.82) is 0 Å². The Kier molecular flexibility index (Phi) is 4.84. The Morgan fingerprint density at radius 1 is 1.39 bits per heavy atom. The van der Waals surface area contributed by atoms with Crippen molar-refractivity contribution in [2.45, 2.75) is 32.1 Å². The minimum absolute atomic E-state index is 0.0982. The molecule has 0 aromatic carbocycles. The highest BCUT2D eigenvalue weighted by atomic mass is 79.9. The van der Waals surface area contributed by atoms with E-state index >= 15 is 0 Å². The van der Waals surface area contributed by atoms with Crippen molar-refractivity contribution in [3.8, 4) is 0 Å². The quantitative estimate of drug-likeness (QED) is 0.814. The summed E-state index contributed by atoms with van der Waals surface area (Å²) in [4.78, 5) is 4.05. The molecule has 0 bridgehead atoms. The van der Waals surface area contributed by atoms with Crippen molar-refractivity contribution in [2.24, 2.45) is 5.41 Å². The summed E-state index contributed by atoms with van der Waals surface area (Å²) in [5, 5.41) is 3.11. The van der Waals surface area contributed by atoms with Crippen LogP contribution in [0.15, 0.2) is 16.7 Å². The first kappa shape index (κ1) is 14.1. The average Bonchev–Trinajstić information content (AvgIpc) is 2.39. The fourth-order valence-electron chi connectivity index (χ4n) is 2.48. The molecule has 1 saturated carbocycles. The Morgan fingerprint density at radius 3 is 2.72 bits per heavy atom. The number of anilines is 1. The van der Waals surface area contributed by atoms with E-state index in [9.17, 15) is 4.39 Å². The minimum Gasteiger partial charge on any atom is -0.367 e. The standard InChI is InChI=1S/C13H17BrClFN2/c14-10-6-11(16)12(17-7-10)18-9-13(8-15)4-2-1-3-5-13/h6-7H,1-5,8-9H2,(H,17,18). The number of halogens is 3. The molecule has 5 heteroatoms. The monoisotopic (exact) mass is 334 g/mol. The van der Waals surface area contributed by atoms with Crippen LogP contribution in [-0.2, 0) is 0 Å². The average molecular weight is 336 g/mol. The number of hydrogen-bond acceptors (Lipinski definition) is 2. The molecule has 1 N–H and O–H groups in total. The fourth-order valence-corrected chi connectivity index (χ4v) is 3.14. The van der Waals surface area contributed by atoms with Crippen LogP contribution >= 0.6 is 27.5 Å². The molecule has 100 valence electrons. The summed E-state index contributed by atoms with van der Waals surface area (Å²) in [6, 6.07) is 1.42. The first-order valence-electron chi connectivity index (χ1n) is 6.26. The number of nitrogens with zero attached hydrogens (tertiary/aromatic N) is 1. The molecule has 0 radical (unpaired) electrons. The molecule has 0 unspecified atom stereocenters. The summed E-state index contributed by atoms with van der Waals surface area (Å²) >= 11 is 9.30. The van der Waals surface area contributed by atoms with E-state index in [2.05, 4.69) is 26.2 Å². The van der Waals surface area contributed by atoms with Crippen LogP contribution in [-0.4, -0.2) is 17.4 Å². The van der Waals surface area contributed by atoms with Crippen LogP contribution < -0.4 is 5.32 Å². The predicted octanol–water partition coefficient (Wildman–Crippen LogP) is 4.58. The SMILES string of the molecule is Fc1cc(Br)cnc1NCC1(CCl)CCCCC1. The highest BCUT2D eigenvalue weighted by molar-refractivity contribution is 9.10. The number of alkyl halides is 1. The van der Waals surface area contributed by atoms with Gasteiger partial charge in [0.2, 0.25) is 0 Å². The summed E-state index contributed by atoms with van der Waals surface area (Å²) in [5.74, 6) is 0.608. The van der Waals surface area contributed by atoms with E-state index in [0.717, 1.165) is 12.8 Å². The molecular formula is C13H17BrClFN2. The van der Waals surface area contributed by atoms with Crippen molar-refractivity contribution in [3.63, 3.8) is 0 Å². The van der Waals surface area contributed by atoms with Gasteiger partial charge in [-0.25, -0.2) is 9.37 Å². The largest absolute Gasteiger partial charge is 0.367 e. The first-order valence-corrected chi connectivity index (χ1v) is 7.59. The predicted molar refractivity (Wildman–Crippen MR) is 76.6 cm³/mol. The van der Waals surface area contributed by atoms with Crippen molar-refractivity contribution in [3.05, 3.63) is 22.6 Å². The summed E-state index contributed by atoms with van der Waals surface area (Å²) < 4.78 is 14.3. The van der Waals surface area contributed by atoms with Gasteiger partial charge in [-0.3, -0.25) is 0 Å². The van der Waals surface area contributed by atoms with Crippen molar-refractivity contribution >= 4 is 33.3 Å². The fraction of sp³-hybridized carbons (Fsp3) is 0.615. The third-order valence-corrected chi connectivity index (χ3v) is 4.64. The summed E-state index contributed by atoms with van der Waals surface area (Å²) in [7, 11) is 0. The van der Waals surface area contributed by atoms with Gasteiger partial charge in [-0.05, 0) is 34.8 Å². The lowest BCUT2D eigenvalue weighted by molar-refractivity contribution is 0.237. The molecule has 2 nitrogen and oxygen atoms in total. The topological polar surface area (TPSA) is 24.9 Å². The lowest BCUT2D eigenvalue weighted by atomic mass is 9.75. The van der Waals surface area contributed by atoms with Crippen molar-refractivity contribution in [1.82, 2.24) is 4.98 Å². The van der Waals surface area contributed by atoms with E-state index in [4.69, 9.17) is 11.6 Å². The lowest BCUT2D eigenvalue weighted by Crippen LogP contribution is -2.34. The molecule has 1 aliphatic rings. The van der Waals surface area contributed by atoms with Crippen LogP contribution in [0, 0.1) is 11.2 Å². The van der Waals surface area contributed by atoms with Crippen molar-refractivity contribution in [2.75, 3.05) is 17.7 Å². The maximum absolute atomic E-state index is 13.6. The normalized spacial score (nSPS) is 18.6. The molecule has 0 spiro atoms. The van der Waals surface area contributed by atoms with Gasteiger partial charge in [0.05, 0.1) is 0 Å². The van der Waals surface area contributed by atoms with Gasteiger partial charge in [0.1, 0.15) is 0 Å². The molecule has 1 aromatic rings. The Bertz CT molecular complexity index is 408. The van der Waals surface area contributed by atoms with E-state index in [0.29, 0.717) is 22.7 Å². The van der Waals surface area contributed by atoms with Gasteiger partial charge in [0, 0.05) is 28.5 Å². The zero-order chi connectivity index (χ0) is 13.0. The smallest absolute Gasteiger partial charge is 0.166 e. The second kappa shape index (κ2) is 6.20. The molecule has 1 aliphatic carbocycles. The number of nitrogens with one attached hydrogen (secondary N) is 1. The molecule has 1 heterocycles. The van der Waals surface area contributed by atoms with Gasteiger partial charge in [0.15, 0.2) is 11.6 Å². The van der Waals surface area contributed by atoms with Gasteiger partial charge >= 0.3 is 0 Å². The highest BCUT2D eigenvalue weighted by Gasteiger charge is 2.31. The number of aromatic nitrogens is 1. The molecular weight excluding hydrogens is 319 g/mol. The number of hydrogen-bond donors (Lipinski definition) is 1. The van der Waals surface area contributed by atoms with Gasteiger partial charge < -0.3 is 5.32 Å². The molecule has 18 heavy (non-hydrogen) atoms. The lowest BCUT2D eigenvalue weighted by Gasteiger charge is -2.35. The zero-order valence-corrected chi connectivity index (χ0v) is 12.5. The van der Waals surface area contributed by atoms with Crippen LogP contribution in [0.1, 0.15) is 32.1 Å². The summed E-state index contributed by atoms with van der Waals surface area (Å²) in [6.07, 6.45) is 7.53. The third-order valence-electron chi connectivity index (χ3n) is 3.64. The molecule has 0 aliphatic heterocycles. The Labute approximate surface area is 120 Å². The first-order chi connectivity index (χ1) is 8.65. The minimum atomic E-state index is -0.329. The van der Waals surface area contributed by atoms with E-state index in [1.807, 2.05) is 0 Å². The van der Waals surface area contributed by atoms with Crippen LogP contribution in [0.2, 0.25) is 0 Å². The van der Waals surface area contributed by atoms with E-state index in [1.54, 1.807) is 6.20 Å². The van der Waals surface area contributed by atoms with Gasteiger partial charge in [-0.15, -0.1) is 11.6 Å². The summed E-state index contributed by atoms with van der Waals surface area (Å²) in [5.41, 5.74) is 0.0982. The van der Waals surface area contributed by atoms with Crippen LogP contribution in [0.25, 0.3) is 0 Å². The molecule has 0 amide bonds. The molecule has 1 fully saturated rings. The third kappa shape index (κ3) is 3.35. The van der Waals surface area contributed by atoms with Gasteiger partial charge in [0.25, 0.3) is 0 Å². The van der Waals surface area contributed by atoms with Crippen molar-refractivity contribution < 1.29 is 4.39 Å². The van der Waals surface area contributed by atoms with E-state index in [-0.39, 0.29) is 11.2 Å². The highest BCUT2D eigenvalue weighted by Crippen LogP contribution is 2.37. The zero-order valence-electron chi connectivity index (χ0n) is 10.2. The molecule has 1 aromatic heterocycles. The molecule has 0 atom stereocenters. The maximum Gasteiger partial charge on any atom is 0.166 e. The second-order valence-electron chi connectivity index (χ2n) is 5.03. The van der Waals surface area contributed by atoms with Crippen LogP contribution in [0.5, 0.6) is 0 Å². The Morgan fingerprint density at radius 2 is 2.11 bits per heavy atom. The van der Waals surface area contributed by atoms with Gasteiger partial charge in [-0.2, -0.15) is 0 Å². The van der Waals surface area contributed by atoms with Gasteiger partial charge in [-0.1, -0.05) is 19.3 Å².